The summed E-state index contributed by atoms with van der Waals surface area (Å²) in [6.45, 7) is 9.50. The molecule has 0 saturated carbocycles. The summed E-state index contributed by atoms with van der Waals surface area (Å²) in [5.74, 6) is 0.748. The van der Waals surface area contributed by atoms with E-state index in [2.05, 4.69) is 0 Å². The van der Waals surface area contributed by atoms with Crippen LogP contribution in [0.25, 0.3) is 0 Å². The lowest BCUT2D eigenvalue weighted by atomic mass is 9.84. The highest BCUT2D eigenvalue weighted by molar-refractivity contribution is 5.59. The fourth-order valence-corrected chi connectivity index (χ4v) is 3.67. The summed E-state index contributed by atoms with van der Waals surface area (Å²) < 4.78 is 29.1. The minimum absolute atomic E-state index is 0.0748. The molecule has 1 aliphatic rings. The van der Waals surface area contributed by atoms with Crippen molar-refractivity contribution in [3.05, 3.63) is 17.2 Å². The van der Waals surface area contributed by atoms with E-state index in [4.69, 9.17) is 23.7 Å². The second-order valence-corrected chi connectivity index (χ2v) is 7.23. The van der Waals surface area contributed by atoms with Crippen molar-refractivity contribution in [3.8, 4) is 17.2 Å². The maximum Gasteiger partial charge on any atom is 0.167 e. The fraction of sp³-hybridized carbons (Fsp3) is 0.650. The molecule has 0 unspecified atom stereocenters. The third-order valence-electron chi connectivity index (χ3n) is 4.96. The SMILES string of the molecule is COc1cc([C@@H]2OC(C)(C)O[C@@H]([C@@H](C)C=O)[C@H]2C)c(OC)c(OC)c1C. The second-order valence-electron chi connectivity index (χ2n) is 7.23. The molecule has 26 heavy (non-hydrogen) atoms. The molecule has 0 aromatic heterocycles. The van der Waals surface area contributed by atoms with Gasteiger partial charge < -0.3 is 28.5 Å². The van der Waals surface area contributed by atoms with Gasteiger partial charge in [0.1, 0.15) is 12.0 Å². The predicted molar refractivity (Wildman–Crippen MR) is 98.0 cm³/mol. The van der Waals surface area contributed by atoms with Crippen LogP contribution >= 0.6 is 0 Å². The van der Waals surface area contributed by atoms with Crippen molar-refractivity contribution in [2.24, 2.45) is 11.8 Å². The van der Waals surface area contributed by atoms with E-state index in [-0.39, 0.29) is 24.0 Å². The number of hydrogen-bond acceptors (Lipinski definition) is 6. The molecule has 0 N–H and O–H groups in total. The highest BCUT2D eigenvalue weighted by Crippen LogP contribution is 2.49. The Hall–Kier alpha value is -1.79. The Labute approximate surface area is 155 Å². The zero-order valence-electron chi connectivity index (χ0n) is 16.9. The highest BCUT2D eigenvalue weighted by atomic mass is 16.7. The average Bonchev–Trinajstić information content (AvgIpc) is 2.62. The number of aldehydes is 1. The van der Waals surface area contributed by atoms with Crippen LogP contribution < -0.4 is 14.2 Å². The first-order valence-electron chi connectivity index (χ1n) is 8.81. The standard InChI is InChI=1S/C20H30O6/c1-11(10-21)16-13(3)17(26-20(4,5)25-16)14-9-15(22-6)12(2)18(23-7)19(14)24-8/h9-11,13,16-17H,1-8H3/t11-,13+,16-,17+/m0/s1. The van der Waals surface area contributed by atoms with Crippen molar-refractivity contribution < 1.29 is 28.5 Å². The molecule has 1 aliphatic heterocycles. The number of hydrogen-bond donors (Lipinski definition) is 0. The van der Waals surface area contributed by atoms with Crippen molar-refractivity contribution in [3.63, 3.8) is 0 Å². The molecular formula is C20H30O6. The summed E-state index contributed by atoms with van der Waals surface area (Å²) >= 11 is 0. The van der Waals surface area contributed by atoms with Crippen LogP contribution in [0.3, 0.4) is 0 Å². The van der Waals surface area contributed by atoms with Crippen LogP contribution in [0.2, 0.25) is 0 Å². The number of carbonyl (C=O) groups excluding carboxylic acids is 1. The zero-order chi connectivity index (χ0) is 19.6. The highest BCUT2D eigenvalue weighted by Gasteiger charge is 2.45. The van der Waals surface area contributed by atoms with Crippen LogP contribution in [0, 0.1) is 18.8 Å². The van der Waals surface area contributed by atoms with E-state index in [1.54, 1.807) is 21.3 Å². The largest absolute Gasteiger partial charge is 0.496 e. The van der Waals surface area contributed by atoms with Gasteiger partial charge in [0.2, 0.25) is 0 Å². The van der Waals surface area contributed by atoms with Gasteiger partial charge in [-0.15, -0.1) is 0 Å². The van der Waals surface area contributed by atoms with Gasteiger partial charge in [-0.1, -0.05) is 13.8 Å². The summed E-state index contributed by atoms with van der Waals surface area (Å²) in [7, 11) is 4.82. The normalized spacial score (nSPS) is 26.1. The minimum Gasteiger partial charge on any atom is -0.496 e. The van der Waals surface area contributed by atoms with Crippen LogP contribution in [0.5, 0.6) is 17.2 Å². The minimum atomic E-state index is -0.838. The fourth-order valence-electron chi connectivity index (χ4n) is 3.67. The van der Waals surface area contributed by atoms with E-state index in [0.29, 0.717) is 17.2 Å². The van der Waals surface area contributed by atoms with Crippen LogP contribution in [-0.2, 0) is 14.3 Å². The molecule has 0 aliphatic carbocycles. The van der Waals surface area contributed by atoms with Crippen molar-refractivity contribution in [1.82, 2.24) is 0 Å². The molecule has 0 radical (unpaired) electrons. The zero-order valence-corrected chi connectivity index (χ0v) is 16.9. The summed E-state index contributed by atoms with van der Waals surface area (Å²) in [6.07, 6.45) is 0.307. The molecule has 146 valence electrons. The van der Waals surface area contributed by atoms with Crippen LogP contribution in [0.15, 0.2) is 6.07 Å². The van der Waals surface area contributed by atoms with Gasteiger partial charge in [-0.2, -0.15) is 0 Å². The monoisotopic (exact) mass is 366 g/mol. The first kappa shape index (κ1) is 20.5. The van der Waals surface area contributed by atoms with E-state index in [1.165, 1.54) is 0 Å². The smallest absolute Gasteiger partial charge is 0.167 e. The van der Waals surface area contributed by atoms with Gasteiger partial charge in [-0.25, -0.2) is 0 Å². The van der Waals surface area contributed by atoms with E-state index < -0.39 is 5.79 Å². The van der Waals surface area contributed by atoms with Gasteiger partial charge in [0.05, 0.1) is 33.5 Å². The Kier molecular flexibility index (Phi) is 6.19. The maximum atomic E-state index is 11.4. The van der Waals surface area contributed by atoms with Crippen molar-refractivity contribution in [1.29, 1.82) is 0 Å². The molecule has 0 bridgehead atoms. The summed E-state index contributed by atoms with van der Waals surface area (Å²) in [5, 5.41) is 0. The van der Waals surface area contributed by atoms with Gasteiger partial charge >= 0.3 is 0 Å². The second kappa shape index (κ2) is 7.84. The molecule has 2 rings (SSSR count). The Bertz CT molecular complexity index is 654. The van der Waals surface area contributed by atoms with Gasteiger partial charge in [0, 0.05) is 23.0 Å². The van der Waals surface area contributed by atoms with Gasteiger partial charge in [0.25, 0.3) is 0 Å². The number of ether oxygens (including phenoxy) is 5. The molecule has 1 aromatic carbocycles. The topological polar surface area (TPSA) is 63.2 Å². The lowest BCUT2D eigenvalue weighted by molar-refractivity contribution is -0.327. The maximum absolute atomic E-state index is 11.4. The van der Waals surface area contributed by atoms with E-state index >= 15 is 0 Å². The Balaban J connectivity index is 2.62. The Morgan fingerprint density at radius 1 is 1.12 bits per heavy atom. The Morgan fingerprint density at radius 3 is 2.23 bits per heavy atom. The lowest BCUT2D eigenvalue weighted by Gasteiger charge is -2.46. The summed E-state index contributed by atoms with van der Waals surface area (Å²) in [6, 6.07) is 1.92. The lowest BCUT2D eigenvalue weighted by Crippen LogP contribution is -2.49. The quantitative estimate of drug-likeness (QED) is 0.716. The number of methoxy groups -OCH3 is 3. The molecule has 6 heteroatoms. The summed E-state index contributed by atoms with van der Waals surface area (Å²) in [5.41, 5.74) is 1.67. The van der Waals surface area contributed by atoms with Crippen molar-refractivity contribution in [2.75, 3.05) is 21.3 Å². The first-order chi connectivity index (χ1) is 12.2. The van der Waals surface area contributed by atoms with Gasteiger partial charge in [-0.3, -0.25) is 0 Å². The van der Waals surface area contributed by atoms with Crippen LogP contribution in [0.4, 0.5) is 0 Å². The molecule has 6 nitrogen and oxygen atoms in total. The molecule has 0 amide bonds. The number of benzene rings is 1. The average molecular weight is 366 g/mol. The molecule has 1 saturated heterocycles. The van der Waals surface area contributed by atoms with Crippen LogP contribution in [0.1, 0.15) is 44.9 Å². The predicted octanol–water partition coefficient (Wildman–Crippen LogP) is 3.68. The molecule has 1 aromatic rings. The van der Waals surface area contributed by atoms with Crippen molar-refractivity contribution >= 4 is 6.29 Å². The van der Waals surface area contributed by atoms with E-state index in [1.807, 2.05) is 40.7 Å². The van der Waals surface area contributed by atoms with Gasteiger partial charge in [-0.05, 0) is 26.8 Å². The van der Waals surface area contributed by atoms with Crippen LogP contribution in [-0.4, -0.2) is 39.5 Å². The molecule has 1 fully saturated rings. The first-order valence-corrected chi connectivity index (χ1v) is 8.81. The van der Waals surface area contributed by atoms with E-state index in [9.17, 15) is 4.79 Å². The number of rotatable bonds is 6. The number of carbonyl (C=O) groups is 1. The molecule has 4 atom stereocenters. The molecule has 0 spiro atoms. The Morgan fingerprint density at radius 2 is 1.73 bits per heavy atom. The third-order valence-corrected chi connectivity index (χ3v) is 4.96. The third kappa shape index (κ3) is 3.67. The molecular weight excluding hydrogens is 336 g/mol. The molecule has 1 heterocycles. The van der Waals surface area contributed by atoms with Gasteiger partial charge in [0.15, 0.2) is 17.3 Å². The van der Waals surface area contributed by atoms with Crippen molar-refractivity contribution in [2.45, 2.75) is 52.6 Å². The van der Waals surface area contributed by atoms with E-state index in [0.717, 1.165) is 17.4 Å². The summed E-state index contributed by atoms with van der Waals surface area (Å²) in [4.78, 5) is 11.4.